The summed E-state index contributed by atoms with van der Waals surface area (Å²) in [7, 11) is 0. The van der Waals surface area contributed by atoms with Gasteiger partial charge in [-0.3, -0.25) is 0 Å². The van der Waals surface area contributed by atoms with Gasteiger partial charge in [-0.25, -0.2) is 9.97 Å². The fourth-order valence-electron chi connectivity index (χ4n) is 2.94. The minimum Gasteiger partial charge on any atom is -0.376 e. The Kier molecular flexibility index (Phi) is 4.81. The molecular weight excluding hydrogens is 352 g/mol. The van der Waals surface area contributed by atoms with E-state index in [1.54, 1.807) is 12.4 Å². The third-order valence-corrected chi connectivity index (χ3v) is 4.52. The summed E-state index contributed by atoms with van der Waals surface area (Å²) in [4.78, 5) is 17.7. The zero-order chi connectivity index (χ0) is 17.9. The van der Waals surface area contributed by atoms with Gasteiger partial charge in [0.25, 0.3) is 0 Å². The Hall–Kier alpha value is -2.51. The normalized spacial score (nSPS) is 16.8. The molecule has 1 saturated heterocycles. The predicted octanol–water partition coefficient (Wildman–Crippen LogP) is 3.72. The maximum absolute atomic E-state index is 6.05. The molecule has 7 nitrogen and oxygen atoms in total. The van der Waals surface area contributed by atoms with Gasteiger partial charge in [-0.2, -0.15) is 9.97 Å². The number of benzene rings is 1. The van der Waals surface area contributed by atoms with E-state index in [4.69, 9.17) is 16.3 Å². The molecule has 0 radical (unpaired) electrons. The third kappa shape index (κ3) is 3.68. The van der Waals surface area contributed by atoms with Crippen molar-refractivity contribution in [2.24, 2.45) is 0 Å². The molecule has 4 rings (SSSR count). The van der Waals surface area contributed by atoms with E-state index < -0.39 is 0 Å². The van der Waals surface area contributed by atoms with Crippen LogP contribution in [0.2, 0.25) is 5.02 Å². The van der Waals surface area contributed by atoms with Gasteiger partial charge in [-0.1, -0.05) is 11.6 Å². The summed E-state index contributed by atoms with van der Waals surface area (Å²) in [6, 6.07) is 5.65. The van der Waals surface area contributed by atoms with Crippen LogP contribution in [0.25, 0.3) is 11.2 Å². The number of ether oxygens (including phenoxy) is 1. The largest absolute Gasteiger partial charge is 0.376 e. The summed E-state index contributed by atoms with van der Waals surface area (Å²) in [6.07, 6.45) is 5.60. The van der Waals surface area contributed by atoms with Crippen molar-refractivity contribution in [2.75, 3.05) is 23.8 Å². The molecule has 3 heterocycles. The van der Waals surface area contributed by atoms with Gasteiger partial charge in [0.15, 0.2) is 17.0 Å². The number of anilines is 3. The highest BCUT2D eigenvalue weighted by Gasteiger charge is 2.17. The second-order valence-electron chi connectivity index (χ2n) is 6.22. The zero-order valence-electron chi connectivity index (χ0n) is 14.4. The van der Waals surface area contributed by atoms with Crippen LogP contribution in [0.3, 0.4) is 0 Å². The van der Waals surface area contributed by atoms with Crippen LogP contribution in [0, 0.1) is 6.92 Å². The van der Waals surface area contributed by atoms with Crippen molar-refractivity contribution in [3.8, 4) is 0 Å². The number of rotatable bonds is 5. The minimum absolute atomic E-state index is 0.200. The molecule has 1 atom stereocenters. The molecule has 26 heavy (non-hydrogen) atoms. The Morgan fingerprint density at radius 2 is 2.12 bits per heavy atom. The number of halogens is 1. The summed E-state index contributed by atoms with van der Waals surface area (Å²) < 4.78 is 5.64. The van der Waals surface area contributed by atoms with Crippen molar-refractivity contribution < 1.29 is 4.74 Å². The first kappa shape index (κ1) is 16.9. The molecule has 1 aliphatic rings. The van der Waals surface area contributed by atoms with Crippen LogP contribution in [-0.2, 0) is 4.74 Å². The summed E-state index contributed by atoms with van der Waals surface area (Å²) in [5.41, 5.74) is 3.07. The van der Waals surface area contributed by atoms with E-state index in [1.165, 1.54) is 0 Å². The van der Waals surface area contributed by atoms with Crippen molar-refractivity contribution in [2.45, 2.75) is 25.9 Å². The van der Waals surface area contributed by atoms with Crippen LogP contribution in [0.5, 0.6) is 0 Å². The lowest BCUT2D eigenvalue weighted by atomic mass is 10.2. The first-order valence-corrected chi connectivity index (χ1v) is 8.94. The van der Waals surface area contributed by atoms with Crippen molar-refractivity contribution in [1.82, 2.24) is 19.9 Å². The number of nitrogens with zero attached hydrogens (tertiary/aromatic N) is 4. The van der Waals surface area contributed by atoms with E-state index in [0.29, 0.717) is 34.5 Å². The standard InChI is InChI=1S/C18H19ClN6O/c1-11-9-12(19)4-5-14(11)23-17-15-16(21-7-6-20-15)24-18(25-17)22-10-13-3-2-8-26-13/h4-7,9,13H,2-3,8,10H2,1H3,(H2,21,22,23,24,25)/t13-/m0/s1. The Morgan fingerprint density at radius 1 is 1.23 bits per heavy atom. The topological polar surface area (TPSA) is 84.9 Å². The molecule has 0 bridgehead atoms. The van der Waals surface area contributed by atoms with Crippen LogP contribution in [-0.4, -0.2) is 39.2 Å². The van der Waals surface area contributed by atoms with Crippen LogP contribution in [0.4, 0.5) is 17.5 Å². The number of hydrogen-bond donors (Lipinski definition) is 2. The second kappa shape index (κ2) is 7.39. The fourth-order valence-corrected chi connectivity index (χ4v) is 3.16. The molecule has 1 aliphatic heterocycles. The van der Waals surface area contributed by atoms with Gasteiger partial charge in [-0.05, 0) is 43.5 Å². The van der Waals surface area contributed by atoms with E-state index in [-0.39, 0.29) is 6.10 Å². The van der Waals surface area contributed by atoms with Gasteiger partial charge in [0.05, 0.1) is 6.10 Å². The highest BCUT2D eigenvalue weighted by molar-refractivity contribution is 6.30. The van der Waals surface area contributed by atoms with E-state index >= 15 is 0 Å². The van der Waals surface area contributed by atoms with E-state index in [0.717, 1.165) is 30.7 Å². The Bertz CT molecular complexity index is 929. The molecule has 0 unspecified atom stereocenters. The smallest absolute Gasteiger partial charge is 0.226 e. The van der Waals surface area contributed by atoms with Crippen LogP contribution in [0.15, 0.2) is 30.6 Å². The third-order valence-electron chi connectivity index (χ3n) is 4.29. The van der Waals surface area contributed by atoms with Gasteiger partial charge in [0.1, 0.15) is 0 Å². The number of aryl methyl sites for hydroxylation is 1. The molecule has 3 aromatic rings. The first-order chi connectivity index (χ1) is 12.7. The number of nitrogens with one attached hydrogen (secondary N) is 2. The summed E-state index contributed by atoms with van der Waals surface area (Å²) in [6.45, 7) is 3.48. The molecule has 1 fully saturated rings. The van der Waals surface area contributed by atoms with E-state index in [1.807, 2.05) is 25.1 Å². The van der Waals surface area contributed by atoms with Gasteiger partial charge in [-0.15, -0.1) is 0 Å². The highest BCUT2D eigenvalue weighted by Crippen LogP contribution is 2.26. The molecule has 0 spiro atoms. The molecule has 134 valence electrons. The van der Waals surface area contributed by atoms with E-state index in [2.05, 4.69) is 30.6 Å². The SMILES string of the molecule is Cc1cc(Cl)ccc1Nc1nc(NC[C@@H]2CCCO2)nc2nccnc12. The van der Waals surface area contributed by atoms with Crippen LogP contribution < -0.4 is 10.6 Å². The zero-order valence-corrected chi connectivity index (χ0v) is 15.1. The lowest BCUT2D eigenvalue weighted by Crippen LogP contribution is -2.20. The van der Waals surface area contributed by atoms with Crippen LogP contribution >= 0.6 is 11.6 Å². The molecular formula is C18H19ClN6O. The lowest BCUT2D eigenvalue weighted by Gasteiger charge is -2.14. The monoisotopic (exact) mass is 370 g/mol. The molecule has 8 heteroatoms. The van der Waals surface area contributed by atoms with Gasteiger partial charge in [0, 0.05) is 36.3 Å². The Labute approximate surface area is 156 Å². The van der Waals surface area contributed by atoms with Crippen molar-refractivity contribution >= 4 is 40.2 Å². The van der Waals surface area contributed by atoms with Crippen molar-refractivity contribution in [3.05, 3.63) is 41.2 Å². The predicted molar refractivity (Wildman–Crippen MR) is 102 cm³/mol. The van der Waals surface area contributed by atoms with Crippen LogP contribution in [0.1, 0.15) is 18.4 Å². The summed E-state index contributed by atoms with van der Waals surface area (Å²) in [5, 5.41) is 7.27. The van der Waals surface area contributed by atoms with Crippen molar-refractivity contribution in [1.29, 1.82) is 0 Å². The Balaban J connectivity index is 1.65. The number of hydrogen-bond acceptors (Lipinski definition) is 7. The highest BCUT2D eigenvalue weighted by atomic mass is 35.5. The summed E-state index contributed by atoms with van der Waals surface area (Å²) in [5.74, 6) is 1.10. The lowest BCUT2D eigenvalue weighted by molar-refractivity contribution is 0.120. The summed E-state index contributed by atoms with van der Waals surface area (Å²) >= 11 is 6.05. The average molecular weight is 371 g/mol. The first-order valence-electron chi connectivity index (χ1n) is 8.56. The van der Waals surface area contributed by atoms with Gasteiger partial charge >= 0.3 is 0 Å². The maximum atomic E-state index is 6.05. The van der Waals surface area contributed by atoms with Gasteiger partial charge < -0.3 is 15.4 Å². The maximum Gasteiger partial charge on any atom is 0.226 e. The van der Waals surface area contributed by atoms with Crippen molar-refractivity contribution in [3.63, 3.8) is 0 Å². The Morgan fingerprint density at radius 3 is 2.92 bits per heavy atom. The minimum atomic E-state index is 0.200. The number of fused-ring (bicyclic) bond motifs is 1. The molecule has 0 saturated carbocycles. The average Bonchev–Trinajstić information content (AvgIpc) is 3.16. The number of aromatic nitrogens is 4. The molecule has 2 N–H and O–H groups in total. The van der Waals surface area contributed by atoms with E-state index in [9.17, 15) is 0 Å². The molecule has 1 aromatic carbocycles. The van der Waals surface area contributed by atoms with Gasteiger partial charge in [0.2, 0.25) is 5.95 Å². The molecule has 0 aliphatic carbocycles. The molecule has 0 amide bonds. The molecule has 2 aromatic heterocycles. The second-order valence-corrected chi connectivity index (χ2v) is 6.66. The fraction of sp³-hybridized carbons (Fsp3) is 0.333. The quantitative estimate of drug-likeness (QED) is 0.708.